The molecule has 20 heavy (non-hydrogen) atoms. The highest BCUT2D eigenvalue weighted by Gasteiger charge is 2.15. The Balaban J connectivity index is 2.76. The number of aliphatic hydroxyl groups excluding tert-OH is 1. The largest absolute Gasteiger partial charge is 0.398 e. The number of nitrogens with one attached hydrogen (secondary N) is 1. The van der Waals surface area contributed by atoms with Crippen LogP contribution in [-0.4, -0.2) is 51.2 Å². The predicted molar refractivity (Wildman–Crippen MR) is 74.9 cm³/mol. The van der Waals surface area contributed by atoms with Crippen molar-refractivity contribution in [3.63, 3.8) is 0 Å². The summed E-state index contributed by atoms with van der Waals surface area (Å²) in [7, 11) is -7.79. The second-order valence-corrected chi connectivity index (χ2v) is 7.72. The number of hydrogen-bond acceptors (Lipinski definition) is 7. The number of anilines is 2. The summed E-state index contributed by atoms with van der Waals surface area (Å²) in [5.74, 6) is -0.536. The minimum atomic E-state index is -4.43. The van der Waals surface area contributed by atoms with Crippen molar-refractivity contribution >= 4 is 31.3 Å². The summed E-state index contributed by atoms with van der Waals surface area (Å²) >= 11 is 0. The van der Waals surface area contributed by atoms with Gasteiger partial charge in [0, 0.05) is 12.2 Å². The molecule has 0 fully saturated rings. The molecule has 0 bridgehead atoms. The van der Waals surface area contributed by atoms with Crippen LogP contribution in [0.3, 0.4) is 0 Å². The van der Waals surface area contributed by atoms with E-state index in [1.165, 1.54) is 12.1 Å². The zero-order valence-electron chi connectivity index (χ0n) is 10.5. The fraction of sp³-hybridized carbons (Fsp3) is 0.400. The SMILES string of the molecule is Nc1ccc(NCCS(=O)(=O)CCO)cc1S(=O)(=O)O. The fourth-order valence-corrected chi connectivity index (χ4v) is 3.00. The maximum absolute atomic E-state index is 11.3. The van der Waals surface area contributed by atoms with Crippen LogP contribution >= 0.6 is 0 Å². The molecule has 5 N–H and O–H groups in total. The van der Waals surface area contributed by atoms with Gasteiger partial charge in [0.2, 0.25) is 0 Å². The Labute approximate surface area is 117 Å². The van der Waals surface area contributed by atoms with Gasteiger partial charge in [-0.05, 0) is 18.2 Å². The van der Waals surface area contributed by atoms with Crippen molar-refractivity contribution < 1.29 is 26.5 Å². The molecule has 1 aromatic rings. The average molecular weight is 324 g/mol. The molecule has 114 valence electrons. The van der Waals surface area contributed by atoms with Gasteiger partial charge in [-0.1, -0.05) is 0 Å². The van der Waals surface area contributed by atoms with Crippen LogP contribution in [0.4, 0.5) is 11.4 Å². The van der Waals surface area contributed by atoms with Gasteiger partial charge in [0.15, 0.2) is 9.84 Å². The van der Waals surface area contributed by atoms with Crippen molar-refractivity contribution in [2.45, 2.75) is 4.90 Å². The average Bonchev–Trinajstić information content (AvgIpc) is 2.29. The molecule has 0 aliphatic rings. The van der Waals surface area contributed by atoms with Crippen LogP contribution in [0.2, 0.25) is 0 Å². The van der Waals surface area contributed by atoms with Gasteiger partial charge in [0.25, 0.3) is 10.1 Å². The van der Waals surface area contributed by atoms with Crippen LogP contribution in [0.25, 0.3) is 0 Å². The number of nitrogen functional groups attached to an aromatic ring is 1. The van der Waals surface area contributed by atoms with Crippen LogP contribution in [0, 0.1) is 0 Å². The van der Waals surface area contributed by atoms with Gasteiger partial charge in [-0.15, -0.1) is 0 Å². The maximum Gasteiger partial charge on any atom is 0.296 e. The Morgan fingerprint density at radius 2 is 1.80 bits per heavy atom. The molecule has 0 heterocycles. The van der Waals surface area contributed by atoms with Crippen molar-refractivity contribution in [2.75, 3.05) is 35.7 Å². The molecule has 0 aromatic heterocycles. The Bertz CT molecular complexity index is 669. The summed E-state index contributed by atoms with van der Waals surface area (Å²) < 4.78 is 53.7. The Hall–Kier alpha value is -1.36. The second kappa shape index (κ2) is 6.39. The first-order valence-corrected chi connectivity index (χ1v) is 8.84. The highest BCUT2D eigenvalue weighted by atomic mass is 32.2. The Morgan fingerprint density at radius 3 is 2.35 bits per heavy atom. The molecular formula is C10H16N2O6S2. The van der Waals surface area contributed by atoms with Gasteiger partial charge in [-0.2, -0.15) is 8.42 Å². The summed E-state index contributed by atoms with van der Waals surface area (Å²) in [6.07, 6.45) is 0. The molecule has 0 atom stereocenters. The summed E-state index contributed by atoms with van der Waals surface area (Å²) in [6.45, 7) is -0.408. The van der Waals surface area contributed by atoms with Gasteiger partial charge in [0.05, 0.1) is 23.8 Å². The van der Waals surface area contributed by atoms with E-state index >= 15 is 0 Å². The number of aliphatic hydroxyl groups is 1. The van der Waals surface area contributed by atoms with Crippen LogP contribution in [-0.2, 0) is 20.0 Å². The second-order valence-electron chi connectivity index (χ2n) is 4.03. The third-order valence-electron chi connectivity index (χ3n) is 2.44. The molecule has 0 unspecified atom stereocenters. The number of rotatable bonds is 7. The van der Waals surface area contributed by atoms with Crippen LogP contribution in [0.15, 0.2) is 23.1 Å². The van der Waals surface area contributed by atoms with Gasteiger partial charge >= 0.3 is 0 Å². The highest BCUT2D eigenvalue weighted by Crippen LogP contribution is 2.22. The van der Waals surface area contributed by atoms with E-state index in [0.717, 1.165) is 6.07 Å². The normalized spacial score (nSPS) is 12.3. The van der Waals surface area contributed by atoms with Gasteiger partial charge in [-0.25, -0.2) is 8.42 Å². The standard InChI is InChI=1S/C10H16N2O6S2/c11-9-2-1-8(7-10(9)20(16,17)18)12-3-5-19(14,15)6-4-13/h1-2,7,12-13H,3-6,11H2,(H,16,17,18). The van der Waals surface area contributed by atoms with E-state index in [1.807, 2.05) is 0 Å². The minimum Gasteiger partial charge on any atom is -0.398 e. The molecule has 10 heteroatoms. The summed E-state index contributed by atoms with van der Waals surface area (Å²) in [4.78, 5) is -0.444. The van der Waals surface area contributed by atoms with Gasteiger partial charge < -0.3 is 16.2 Å². The molecule has 0 saturated heterocycles. The number of nitrogens with two attached hydrogens (primary N) is 1. The predicted octanol–water partition coefficient (Wildman–Crippen LogP) is -0.665. The van der Waals surface area contributed by atoms with Crippen molar-refractivity contribution in [2.24, 2.45) is 0 Å². The first-order valence-electron chi connectivity index (χ1n) is 5.58. The van der Waals surface area contributed by atoms with E-state index in [2.05, 4.69) is 5.32 Å². The van der Waals surface area contributed by atoms with Gasteiger partial charge in [0.1, 0.15) is 4.90 Å². The molecule has 1 rings (SSSR count). The van der Waals surface area contributed by atoms with Crippen molar-refractivity contribution in [1.82, 2.24) is 0 Å². The van der Waals surface area contributed by atoms with E-state index < -0.39 is 31.5 Å². The summed E-state index contributed by atoms with van der Waals surface area (Å²) in [5, 5.41) is 11.3. The van der Waals surface area contributed by atoms with E-state index in [-0.39, 0.29) is 23.7 Å². The van der Waals surface area contributed by atoms with Crippen molar-refractivity contribution in [3.05, 3.63) is 18.2 Å². The zero-order chi connectivity index (χ0) is 15.4. The van der Waals surface area contributed by atoms with E-state index in [4.69, 9.17) is 15.4 Å². The van der Waals surface area contributed by atoms with E-state index in [0.29, 0.717) is 5.69 Å². The van der Waals surface area contributed by atoms with E-state index in [1.54, 1.807) is 0 Å². The lowest BCUT2D eigenvalue weighted by molar-refractivity contribution is 0.319. The lowest BCUT2D eigenvalue weighted by Gasteiger charge is -2.09. The lowest BCUT2D eigenvalue weighted by Crippen LogP contribution is -2.20. The molecule has 0 spiro atoms. The molecule has 0 amide bonds. The smallest absolute Gasteiger partial charge is 0.296 e. The molecular weight excluding hydrogens is 308 g/mol. The topological polar surface area (TPSA) is 147 Å². The van der Waals surface area contributed by atoms with Gasteiger partial charge in [-0.3, -0.25) is 4.55 Å². The van der Waals surface area contributed by atoms with Crippen molar-refractivity contribution in [1.29, 1.82) is 0 Å². The summed E-state index contributed by atoms with van der Waals surface area (Å²) in [5.41, 5.74) is 5.63. The van der Waals surface area contributed by atoms with Crippen LogP contribution < -0.4 is 11.1 Å². The zero-order valence-corrected chi connectivity index (χ0v) is 12.1. The Kier molecular flexibility index (Phi) is 5.34. The van der Waals surface area contributed by atoms with Crippen LogP contribution in [0.5, 0.6) is 0 Å². The number of sulfone groups is 1. The quantitative estimate of drug-likeness (QED) is 0.381. The monoisotopic (exact) mass is 324 g/mol. The van der Waals surface area contributed by atoms with E-state index in [9.17, 15) is 16.8 Å². The maximum atomic E-state index is 11.3. The highest BCUT2D eigenvalue weighted by molar-refractivity contribution is 7.91. The molecule has 0 saturated carbocycles. The number of hydrogen-bond donors (Lipinski definition) is 4. The first kappa shape index (κ1) is 16.7. The molecule has 0 radical (unpaired) electrons. The Morgan fingerprint density at radius 1 is 1.15 bits per heavy atom. The molecule has 0 aliphatic heterocycles. The molecule has 1 aromatic carbocycles. The summed E-state index contributed by atoms with van der Waals surface area (Å²) in [6, 6.07) is 3.86. The fourth-order valence-electron chi connectivity index (χ4n) is 1.46. The molecule has 0 aliphatic carbocycles. The third kappa shape index (κ3) is 4.96. The number of benzene rings is 1. The third-order valence-corrected chi connectivity index (χ3v) is 4.98. The lowest BCUT2D eigenvalue weighted by atomic mass is 10.3. The first-order chi connectivity index (χ1) is 9.15. The minimum absolute atomic E-state index is 0.0389. The molecule has 8 nitrogen and oxygen atoms in total. The van der Waals surface area contributed by atoms with Crippen LogP contribution in [0.1, 0.15) is 0 Å². The van der Waals surface area contributed by atoms with Crippen molar-refractivity contribution in [3.8, 4) is 0 Å².